The second-order valence-electron chi connectivity index (χ2n) is 8.30. The first kappa shape index (κ1) is 28.1. The predicted molar refractivity (Wildman–Crippen MR) is 144 cm³/mol. The van der Waals surface area contributed by atoms with Gasteiger partial charge < -0.3 is 21.5 Å². The van der Waals surface area contributed by atoms with Gasteiger partial charge in [0.25, 0.3) is 5.91 Å². The van der Waals surface area contributed by atoms with Gasteiger partial charge >= 0.3 is 0 Å². The largest absolute Gasteiger partial charge is 0.494 e. The van der Waals surface area contributed by atoms with Crippen molar-refractivity contribution in [2.24, 2.45) is 5.73 Å². The minimum absolute atomic E-state index is 0.0169. The fraction of sp³-hybridized carbons (Fsp3) is 0.259. The molecule has 0 aliphatic carbocycles. The van der Waals surface area contributed by atoms with Crippen molar-refractivity contribution in [1.29, 1.82) is 10.5 Å². The smallest absolute Gasteiger partial charge is 0.269 e. The van der Waals surface area contributed by atoms with Crippen LogP contribution in [0.3, 0.4) is 0 Å². The van der Waals surface area contributed by atoms with Gasteiger partial charge in [-0.05, 0) is 48.7 Å². The van der Waals surface area contributed by atoms with E-state index < -0.39 is 6.04 Å². The number of carbonyl (C=O) groups excluding carboxylic acids is 2. The Kier molecular flexibility index (Phi) is 9.77. The number of thioether (sulfide) groups is 1. The number of nitrogen functional groups attached to an aromatic ring is 1. The molecule has 0 spiro atoms. The van der Waals surface area contributed by atoms with Gasteiger partial charge in [-0.1, -0.05) is 12.1 Å². The molecule has 0 saturated carbocycles. The monoisotopic (exact) mass is 529 g/mol. The normalized spacial score (nSPS) is 11.2. The van der Waals surface area contributed by atoms with Gasteiger partial charge in [-0.3, -0.25) is 14.6 Å². The maximum absolute atomic E-state index is 11.9. The lowest BCUT2D eigenvalue weighted by Crippen LogP contribution is -2.26. The van der Waals surface area contributed by atoms with Crippen LogP contribution in [0.15, 0.2) is 47.6 Å². The van der Waals surface area contributed by atoms with Crippen LogP contribution in [-0.4, -0.2) is 41.4 Å². The molecule has 10 nitrogen and oxygen atoms in total. The highest BCUT2D eigenvalue weighted by Gasteiger charge is 2.21. The number of nitriles is 2. The number of nitrogens with zero attached hydrogens (tertiary/aromatic N) is 4. The number of carbonyl (C=O) groups is 2. The standard InChI is InChI=1S/C27H27N7O3S/c1-16(30)23(35)4-3-11-37-19-7-5-18(6-8-19)24-20(13-28)25(31)34-27(21(24)14-29)38-15-17-9-10-33-22(12-17)26(36)32-2/h5-10,12,16H,3-4,11,15,30H2,1-2H3,(H2,31,34)(H,32,36)/t16-/m0/s1. The van der Waals surface area contributed by atoms with E-state index >= 15 is 0 Å². The molecule has 3 aromatic rings. The minimum Gasteiger partial charge on any atom is -0.494 e. The molecule has 3 rings (SSSR count). The lowest BCUT2D eigenvalue weighted by molar-refractivity contribution is -0.120. The van der Waals surface area contributed by atoms with Crippen molar-refractivity contribution < 1.29 is 14.3 Å². The van der Waals surface area contributed by atoms with Crippen molar-refractivity contribution in [2.75, 3.05) is 19.4 Å². The molecule has 2 heterocycles. The number of amides is 1. The lowest BCUT2D eigenvalue weighted by atomic mass is 9.97. The number of hydrogen-bond donors (Lipinski definition) is 3. The van der Waals surface area contributed by atoms with Crippen LogP contribution < -0.4 is 21.5 Å². The topological polar surface area (TPSA) is 181 Å². The highest BCUT2D eigenvalue weighted by atomic mass is 32.2. The molecule has 0 fully saturated rings. The van der Waals surface area contributed by atoms with Crippen molar-refractivity contribution in [3.8, 4) is 29.0 Å². The van der Waals surface area contributed by atoms with Crippen molar-refractivity contribution in [2.45, 2.75) is 36.6 Å². The molecule has 0 bridgehead atoms. The maximum Gasteiger partial charge on any atom is 0.269 e. The zero-order valence-electron chi connectivity index (χ0n) is 21.0. The summed E-state index contributed by atoms with van der Waals surface area (Å²) in [6.45, 7) is 2.01. The average molecular weight is 530 g/mol. The molecule has 11 heteroatoms. The molecule has 1 atom stereocenters. The maximum atomic E-state index is 11.9. The highest BCUT2D eigenvalue weighted by Crippen LogP contribution is 2.37. The summed E-state index contributed by atoms with van der Waals surface area (Å²) >= 11 is 1.27. The van der Waals surface area contributed by atoms with E-state index in [1.807, 2.05) is 0 Å². The van der Waals surface area contributed by atoms with Crippen molar-refractivity contribution in [3.05, 3.63) is 65.0 Å². The van der Waals surface area contributed by atoms with Crippen LogP contribution >= 0.6 is 11.8 Å². The Morgan fingerprint density at radius 3 is 2.50 bits per heavy atom. The number of aromatic nitrogens is 2. The summed E-state index contributed by atoms with van der Waals surface area (Å²) in [5.41, 5.74) is 14.1. The molecule has 38 heavy (non-hydrogen) atoms. The number of Topliss-reactive ketones (excluding diaryl/α,β-unsaturated/α-hetero) is 1. The summed E-state index contributed by atoms with van der Waals surface area (Å²) in [6.07, 6.45) is 2.43. The minimum atomic E-state index is -0.487. The molecular formula is C27H27N7O3S. The van der Waals surface area contributed by atoms with Crippen LogP contribution in [0.2, 0.25) is 0 Å². The Labute approximate surface area is 225 Å². The van der Waals surface area contributed by atoms with E-state index in [9.17, 15) is 20.1 Å². The van der Waals surface area contributed by atoms with Gasteiger partial charge in [0.15, 0.2) is 0 Å². The van der Waals surface area contributed by atoms with Gasteiger partial charge in [0, 0.05) is 31.0 Å². The first-order chi connectivity index (χ1) is 18.3. The molecule has 0 unspecified atom stereocenters. The van der Waals surface area contributed by atoms with Crippen LogP contribution in [0, 0.1) is 22.7 Å². The SMILES string of the molecule is CNC(=O)c1cc(CSc2nc(N)c(C#N)c(-c3ccc(OCCCC(=O)[C@H](C)N)cc3)c2C#N)ccn1. The fourth-order valence-corrected chi connectivity index (χ4v) is 4.48. The molecule has 0 radical (unpaired) electrons. The molecule has 0 saturated heterocycles. The summed E-state index contributed by atoms with van der Waals surface area (Å²) in [6, 6.07) is 14.1. The third kappa shape index (κ3) is 6.85. The van der Waals surface area contributed by atoms with Crippen molar-refractivity contribution >= 4 is 29.3 Å². The quantitative estimate of drug-likeness (QED) is 0.246. The molecule has 5 N–H and O–H groups in total. The second kappa shape index (κ2) is 13.2. The number of hydrogen-bond acceptors (Lipinski definition) is 10. The van der Waals surface area contributed by atoms with E-state index in [2.05, 4.69) is 27.4 Å². The molecule has 0 aliphatic heterocycles. The van der Waals surface area contributed by atoms with Gasteiger partial charge in [-0.2, -0.15) is 10.5 Å². The third-order valence-corrected chi connectivity index (χ3v) is 6.61. The Morgan fingerprint density at radius 1 is 1.16 bits per heavy atom. The highest BCUT2D eigenvalue weighted by molar-refractivity contribution is 7.98. The number of anilines is 1. The van der Waals surface area contributed by atoms with Crippen molar-refractivity contribution in [3.63, 3.8) is 0 Å². The van der Waals surface area contributed by atoms with Gasteiger partial charge in [0.1, 0.15) is 45.8 Å². The Bertz CT molecular complexity index is 1410. The number of nitrogens with one attached hydrogen (secondary N) is 1. The number of rotatable bonds is 11. The molecular weight excluding hydrogens is 502 g/mol. The summed E-state index contributed by atoms with van der Waals surface area (Å²) < 4.78 is 5.71. The molecule has 1 amide bonds. The van der Waals surface area contributed by atoms with E-state index in [1.54, 1.807) is 43.3 Å². The first-order valence-corrected chi connectivity index (χ1v) is 12.7. The number of benzene rings is 1. The van der Waals surface area contributed by atoms with E-state index in [0.29, 0.717) is 47.1 Å². The third-order valence-electron chi connectivity index (χ3n) is 5.56. The van der Waals surface area contributed by atoms with E-state index in [-0.39, 0.29) is 34.3 Å². The van der Waals surface area contributed by atoms with Crippen LogP contribution in [0.5, 0.6) is 5.75 Å². The number of pyridine rings is 2. The zero-order chi connectivity index (χ0) is 27.7. The van der Waals surface area contributed by atoms with E-state index in [0.717, 1.165) is 5.56 Å². The molecule has 1 aromatic carbocycles. The Balaban J connectivity index is 1.83. The van der Waals surface area contributed by atoms with Gasteiger partial charge in [-0.15, -0.1) is 11.8 Å². The van der Waals surface area contributed by atoms with Crippen LogP contribution in [0.4, 0.5) is 5.82 Å². The lowest BCUT2D eigenvalue weighted by Gasteiger charge is -2.14. The van der Waals surface area contributed by atoms with E-state index in [1.165, 1.54) is 25.0 Å². The number of nitrogens with two attached hydrogens (primary N) is 2. The second-order valence-corrected chi connectivity index (χ2v) is 9.26. The van der Waals surface area contributed by atoms with Crippen LogP contribution in [-0.2, 0) is 10.5 Å². The molecule has 2 aromatic heterocycles. The predicted octanol–water partition coefficient (Wildman–Crippen LogP) is 3.20. The van der Waals surface area contributed by atoms with Crippen LogP contribution in [0.25, 0.3) is 11.1 Å². The average Bonchev–Trinajstić information content (AvgIpc) is 2.93. The fourth-order valence-electron chi connectivity index (χ4n) is 3.54. The summed E-state index contributed by atoms with van der Waals surface area (Å²) in [5.74, 6) is 0.682. The van der Waals surface area contributed by atoms with Gasteiger partial charge in [0.2, 0.25) is 0 Å². The summed E-state index contributed by atoms with van der Waals surface area (Å²) in [7, 11) is 1.53. The Morgan fingerprint density at radius 2 is 1.87 bits per heavy atom. The summed E-state index contributed by atoms with van der Waals surface area (Å²) in [5, 5.41) is 22.7. The van der Waals surface area contributed by atoms with Gasteiger partial charge in [0.05, 0.1) is 18.2 Å². The molecule has 0 aliphatic rings. The van der Waals surface area contributed by atoms with Gasteiger partial charge in [-0.25, -0.2) is 4.98 Å². The molecule has 194 valence electrons. The van der Waals surface area contributed by atoms with Crippen LogP contribution in [0.1, 0.15) is 46.9 Å². The van der Waals surface area contributed by atoms with E-state index in [4.69, 9.17) is 16.2 Å². The van der Waals surface area contributed by atoms with Crippen molar-refractivity contribution in [1.82, 2.24) is 15.3 Å². The zero-order valence-corrected chi connectivity index (χ0v) is 21.8. The number of ether oxygens (including phenoxy) is 1. The Hall–Kier alpha value is -4.45. The first-order valence-electron chi connectivity index (χ1n) is 11.7. The number of ketones is 1. The summed E-state index contributed by atoms with van der Waals surface area (Å²) in [4.78, 5) is 31.9.